The third-order valence-corrected chi connectivity index (χ3v) is 6.28. The second kappa shape index (κ2) is 5.98. The SMILES string of the molecule is CC(C)=CC[C@@]1(S(=O)(=O)c2ccccc2)C=CC(=O)CC1. The molecule has 0 spiro atoms. The summed E-state index contributed by atoms with van der Waals surface area (Å²) in [5.41, 5.74) is 1.07. The van der Waals surface area contributed by atoms with Gasteiger partial charge in [0.1, 0.15) is 0 Å². The van der Waals surface area contributed by atoms with Crippen LogP contribution in [0.3, 0.4) is 0 Å². The molecule has 0 radical (unpaired) electrons. The molecule has 0 heterocycles. The van der Waals surface area contributed by atoms with Crippen LogP contribution in [0.4, 0.5) is 0 Å². The van der Waals surface area contributed by atoms with Crippen LogP contribution in [0.2, 0.25) is 0 Å². The van der Waals surface area contributed by atoms with Crippen LogP contribution in [-0.4, -0.2) is 18.9 Å². The van der Waals surface area contributed by atoms with Crippen LogP contribution in [0.1, 0.15) is 33.1 Å². The third-order valence-electron chi connectivity index (χ3n) is 3.81. The van der Waals surface area contributed by atoms with Crippen LogP contribution in [0.5, 0.6) is 0 Å². The molecular formula is C17H20O3S. The quantitative estimate of drug-likeness (QED) is 0.800. The molecule has 1 atom stereocenters. The Balaban J connectivity index is 2.53. The van der Waals surface area contributed by atoms with E-state index in [2.05, 4.69) is 0 Å². The molecule has 1 aromatic rings. The molecule has 0 unspecified atom stereocenters. The van der Waals surface area contributed by atoms with Crippen molar-refractivity contribution in [2.75, 3.05) is 0 Å². The van der Waals surface area contributed by atoms with Gasteiger partial charge in [0.05, 0.1) is 9.64 Å². The average molecular weight is 304 g/mol. The van der Waals surface area contributed by atoms with Crippen LogP contribution < -0.4 is 0 Å². The first-order valence-corrected chi connectivity index (χ1v) is 8.51. The summed E-state index contributed by atoms with van der Waals surface area (Å²) < 4.78 is 25.1. The molecule has 2 rings (SSSR count). The Labute approximate surface area is 126 Å². The van der Waals surface area contributed by atoms with Gasteiger partial charge < -0.3 is 0 Å². The normalized spacial score (nSPS) is 22.1. The maximum atomic E-state index is 13.0. The van der Waals surface area contributed by atoms with E-state index in [0.29, 0.717) is 17.7 Å². The van der Waals surface area contributed by atoms with Gasteiger partial charge in [-0.2, -0.15) is 0 Å². The first-order chi connectivity index (χ1) is 9.87. The van der Waals surface area contributed by atoms with E-state index in [1.807, 2.05) is 19.9 Å². The highest BCUT2D eigenvalue weighted by molar-refractivity contribution is 7.93. The first kappa shape index (κ1) is 15.7. The largest absolute Gasteiger partial charge is 0.295 e. The van der Waals surface area contributed by atoms with Gasteiger partial charge in [-0.05, 0) is 44.9 Å². The van der Waals surface area contributed by atoms with Gasteiger partial charge >= 0.3 is 0 Å². The summed E-state index contributed by atoms with van der Waals surface area (Å²) in [4.78, 5) is 11.8. The van der Waals surface area contributed by atoms with Gasteiger partial charge in [-0.3, -0.25) is 4.79 Å². The van der Waals surface area contributed by atoms with Crippen molar-refractivity contribution in [3.8, 4) is 0 Å². The Morgan fingerprint density at radius 2 is 1.90 bits per heavy atom. The summed E-state index contributed by atoms with van der Waals surface area (Å²) >= 11 is 0. The van der Waals surface area contributed by atoms with Crippen molar-refractivity contribution < 1.29 is 13.2 Å². The topological polar surface area (TPSA) is 51.2 Å². The number of sulfone groups is 1. The Hall–Kier alpha value is -1.68. The maximum absolute atomic E-state index is 13.0. The van der Waals surface area contributed by atoms with Gasteiger partial charge in [-0.15, -0.1) is 0 Å². The number of carbonyl (C=O) groups excluding carboxylic acids is 1. The zero-order chi connectivity index (χ0) is 15.5. The smallest absolute Gasteiger partial charge is 0.187 e. The molecule has 0 N–H and O–H groups in total. The molecule has 1 aliphatic carbocycles. The number of allylic oxidation sites excluding steroid dienone is 3. The standard InChI is InChI=1S/C17H20O3S/c1-14(2)8-11-17(12-9-15(18)10-13-17)21(19,20)16-6-4-3-5-7-16/h3-9,12H,10-11,13H2,1-2H3/t17-/m1/s1. The summed E-state index contributed by atoms with van der Waals surface area (Å²) in [6, 6.07) is 8.47. The molecule has 1 aromatic carbocycles. The lowest BCUT2D eigenvalue weighted by Crippen LogP contribution is -2.39. The minimum Gasteiger partial charge on any atom is -0.295 e. The summed E-state index contributed by atoms with van der Waals surface area (Å²) in [6.45, 7) is 3.89. The van der Waals surface area contributed by atoms with Gasteiger partial charge in [-0.1, -0.05) is 35.9 Å². The maximum Gasteiger partial charge on any atom is 0.187 e. The van der Waals surface area contributed by atoms with E-state index in [1.54, 1.807) is 36.4 Å². The minimum absolute atomic E-state index is 0.00825. The highest BCUT2D eigenvalue weighted by atomic mass is 32.2. The third kappa shape index (κ3) is 3.16. The van der Waals surface area contributed by atoms with Gasteiger partial charge in [0, 0.05) is 6.42 Å². The highest BCUT2D eigenvalue weighted by Crippen LogP contribution is 2.37. The van der Waals surface area contributed by atoms with E-state index in [4.69, 9.17) is 0 Å². The predicted octanol–water partition coefficient (Wildman–Crippen LogP) is 3.47. The molecule has 0 fully saturated rings. The Kier molecular flexibility index (Phi) is 4.47. The van der Waals surface area contributed by atoms with Crippen molar-refractivity contribution in [1.82, 2.24) is 0 Å². The molecule has 0 amide bonds. The van der Waals surface area contributed by atoms with Crippen molar-refractivity contribution in [3.05, 3.63) is 54.1 Å². The van der Waals surface area contributed by atoms with E-state index in [9.17, 15) is 13.2 Å². The van der Waals surface area contributed by atoms with E-state index in [-0.39, 0.29) is 12.2 Å². The monoisotopic (exact) mass is 304 g/mol. The van der Waals surface area contributed by atoms with Gasteiger partial charge in [0.2, 0.25) is 0 Å². The molecule has 4 heteroatoms. The fourth-order valence-electron chi connectivity index (χ4n) is 2.46. The van der Waals surface area contributed by atoms with E-state index in [1.165, 1.54) is 6.08 Å². The van der Waals surface area contributed by atoms with Crippen LogP contribution in [0.15, 0.2) is 59.0 Å². The number of benzene rings is 1. The fourth-order valence-corrected chi connectivity index (χ4v) is 4.37. The second-order valence-corrected chi connectivity index (χ2v) is 7.96. The molecule has 3 nitrogen and oxygen atoms in total. The molecular weight excluding hydrogens is 284 g/mol. The van der Waals surface area contributed by atoms with E-state index in [0.717, 1.165) is 5.57 Å². The summed E-state index contributed by atoms with van der Waals surface area (Å²) in [5, 5.41) is 0. The lowest BCUT2D eigenvalue weighted by atomic mass is 9.90. The molecule has 0 saturated carbocycles. The van der Waals surface area contributed by atoms with Gasteiger partial charge in [0.15, 0.2) is 15.6 Å². The van der Waals surface area contributed by atoms with Crippen molar-refractivity contribution >= 4 is 15.6 Å². The van der Waals surface area contributed by atoms with Crippen molar-refractivity contribution in [1.29, 1.82) is 0 Å². The molecule has 0 aliphatic heterocycles. The molecule has 112 valence electrons. The van der Waals surface area contributed by atoms with Gasteiger partial charge in [0.25, 0.3) is 0 Å². The molecule has 21 heavy (non-hydrogen) atoms. The van der Waals surface area contributed by atoms with Crippen LogP contribution in [0, 0.1) is 0 Å². The lowest BCUT2D eigenvalue weighted by Gasteiger charge is -2.31. The van der Waals surface area contributed by atoms with E-state index < -0.39 is 14.6 Å². The Bertz CT molecular complexity index is 680. The van der Waals surface area contributed by atoms with Crippen LogP contribution >= 0.6 is 0 Å². The van der Waals surface area contributed by atoms with Crippen molar-refractivity contribution in [2.24, 2.45) is 0 Å². The Morgan fingerprint density at radius 3 is 2.43 bits per heavy atom. The number of carbonyl (C=O) groups is 1. The number of hydrogen-bond acceptors (Lipinski definition) is 3. The zero-order valence-electron chi connectivity index (χ0n) is 12.4. The minimum atomic E-state index is -3.53. The van der Waals surface area contributed by atoms with Crippen LogP contribution in [0.25, 0.3) is 0 Å². The molecule has 0 bridgehead atoms. The van der Waals surface area contributed by atoms with Crippen molar-refractivity contribution in [3.63, 3.8) is 0 Å². The lowest BCUT2D eigenvalue weighted by molar-refractivity contribution is -0.115. The van der Waals surface area contributed by atoms with E-state index >= 15 is 0 Å². The van der Waals surface area contributed by atoms with Crippen LogP contribution in [-0.2, 0) is 14.6 Å². The Morgan fingerprint density at radius 1 is 1.24 bits per heavy atom. The summed E-state index contributed by atoms with van der Waals surface area (Å²) in [5.74, 6) is -0.00825. The number of rotatable bonds is 4. The summed E-state index contributed by atoms with van der Waals surface area (Å²) in [6.07, 6.45) is 5.95. The number of ketones is 1. The van der Waals surface area contributed by atoms with Crippen molar-refractivity contribution in [2.45, 2.75) is 42.8 Å². The first-order valence-electron chi connectivity index (χ1n) is 7.02. The van der Waals surface area contributed by atoms with Gasteiger partial charge in [-0.25, -0.2) is 8.42 Å². The molecule has 0 saturated heterocycles. The molecule has 0 aromatic heterocycles. The average Bonchev–Trinajstić information content (AvgIpc) is 2.47. The number of hydrogen-bond donors (Lipinski definition) is 0. The summed E-state index contributed by atoms with van der Waals surface area (Å²) in [7, 11) is -3.53. The zero-order valence-corrected chi connectivity index (χ0v) is 13.2. The molecule has 1 aliphatic rings. The predicted molar refractivity (Wildman–Crippen MR) is 83.8 cm³/mol. The second-order valence-electron chi connectivity index (χ2n) is 5.67. The highest BCUT2D eigenvalue weighted by Gasteiger charge is 2.43. The fraction of sp³-hybridized carbons (Fsp3) is 0.353.